The zero-order valence-electron chi connectivity index (χ0n) is 21.6. The fourth-order valence-corrected chi connectivity index (χ4v) is 5.75. The number of benzene rings is 1. The molecule has 1 aliphatic carbocycles. The summed E-state index contributed by atoms with van der Waals surface area (Å²) in [6.07, 6.45) is 7.94. The highest BCUT2D eigenvalue weighted by Crippen LogP contribution is 2.36. The van der Waals surface area contributed by atoms with Gasteiger partial charge in [0.1, 0.15) is 22.7 Å². The highest BCUT2D eigenvalue weighted by molar-refractivity contribution is 6.03. The first kappa shape index (κ1) is 24.5. The maximum atomic E-state index is 14.0. The minimum absolute atomic E-state index is 0.0944. The zero-order chi connectivity index (χ0) is 25.3. The Bertz CT molecular complexity index is 1250. The maximum absolute atomic E-state index is 14.0. The van der Waals surface area contributed by atoms with Crippen LogP contribution in [0.2, 0.25) is 0 Å². The molecule has 0 saturated heterocycles. The van der Waals surface area contributed by atoms with Crippen molar-refractivity contribution in [2.75, 3.05) is 6.61 Å². The van der Waals surface area contributed by atoms with Crippen molar-refractivity contribution in [3.8, 4) is 5.75 Å². The molecule has 5 rings (SSSR count). The lowest BCUT2D eigenvalue weighted by atomic mass is 9.91. The lowest BCUT2D eigenvalue weighted by Gasteiger charge is -2.44. The second-order valence-corrected chi connectivity index (χ2v) is 10.4. The zero-order valence-corrected chi connectivity index (χ0v) is 21.6. The van der Waals surface area contributed by atoms with Crippen LogP contribution in [0.3, 0.4) is 0 Å². The number of nitrogens with one attached hydrogen (secondary N) is 1. The van der Waals surface area contributed by atoms with Crippen molar-refractivity contribution in [1.29, 1.82) is 0 Å². The molecular weight excluding hydrogens is 454 g/mol. The number of para-hydroxylation sites is 1. The summed E-state index contributed by atoms with van der Waals surface area (Å²) in [7, 11) is 0. The van der Waals surface area contributed by atoms with E-state index < -0.39 is 5.54 Å². The SMILES string of the molecule is CCOc1ccccc1CN1C(=O)c2cc3oc(C)cc3n2C[C@]1(C)C(=O)NC1CCCCCCC1. The summed E-state index contributed by atoms with van der Waals surface area (Å²) in [6.45, 7) is 6.92. The van der Waals surface area contributed by atoms with Crippen molar-refractivity contribution < 1.29 is 18.7 Å². The molecule has 0 unspecified atom stereocenters. The molecule has 3 heterocycles. The van der Waals surface area contributed by atoms with Crippen LogP contribution >= 0.6 is 0 Å². The van der Waals surface area contributed by atoms with Gasteiger partial charge in [-0.3, -0.25) is 9.59 Å². The molecule has 36 heavy (non-hydrogen) atoms. The van der Waals surface area contributed by atoms with Crippen LogP contribution in [-0.4, -0.2) is 39.5 Å². The number of aryl methyl sites for hydroxylation is 1. The van der Waals surface area contributed by atoms with Crippen LogP contribution in [0.15, 0.2) is 40.8 Å². The Balaban J connectivity index is 1.52. The highest BCUT2D eigenvalue weighted by Gasteiger charge is 2.48. The first-order chi connectivity index (χ1) is 17.4. The van der Waals surface area contributed by atoms with Crippen molar-refractivity contribution >= 4 is 22.9 Å². The molecule has 1 aliphatic heterocycles. The minimum atomic E-state index is -1.07. The Morgan fingerprint density at radius 3 is 2.61 bits per heavy atom. The first-order valence-corrected chi connectivity index (χ1v) is 13.3. The monoisotopic (exact) mass is 491 g/mol. The molecule has 1 saturated carbocycles. The third-order valence-corrected chi connectivity index (χ3v) is 7.77. The fraction of sp³-hybridized carbons (Fsp3) is 0.517. The molecule has 3 aromatic rings. The molecule has 0 bridgehead atoms. The van der Waals surface area contributed by atoms with Crippen LogP contribution in [0.25, 0.3) is 11.1 Å². The molecule has 1 N–H and O–H groups in total. The first-order valence-electron chi connectivity index (χ1n) is 13.3. The van der Waals surface area contributed by atoms with Crippen LogP contribution in [-0.2, 0) is 17.9 Å². The summed E-state index contributed by atoms with van der Waals surface area (Å²) in [5.41, 5.74) is 1.90. The van der Waals surface area contributed by atoms with E-state index in [0.29, 0.717) is 24.4 Å². The number of ether oxygens (including phenoxy) is 1. The molecule has 1 aromatic carbocycles. The molecule has 7 nitrogen and oxygen atoms in total. The van der Waals surface area contributed by atoms with E-state index in [1.54, 1.807) is 11.0 Å². The van der Waals surface area contributed by atoms with Gasteiger partial charge in [-0.2, -0.15) is 0 Å². The van der Waals surface area contributed by atoms with Crippen molar-refractivity contribution in [2.24, 2.45) is 0 Å². The van der Waals surface area contributed by atoms with E-state index in [2.05, 4.69) is 5.32 Å². The van der Waals surface area contributed by atoms with Gasteiger partial charge < -0.3 is 23.9 Å². The highest BCUT2D eigenvalue weighted by atomic mass is 16.5. The predicted molar refractivity (Wildman–Crippen MR) is 139 cm³/mol. The van der Waals surface area contributed by atoms with E-state index in [-0.39, 0.29) is 24.4 Å². The number of hydrogen-bond acceptors (Lipinski definition) is 4. The molecule has 2 aromatic heterocycles. The molecule has 0 spiro atoms. The van der Waals surface area contributed by atoms with E-state index >= 15 is 0 Å². The Morgan fingerprint density at radius 1 is 1.14 bits per heavy atom. The van der Waals surface area contributed by atoms with Crippen molar-refractivity contribution in [1.82, 2.24) is 14.8 Å². The topological polar surface area (TPSA) is 76.7 Å². The molecule has 1 fully saturated rings. The van der Waals surface area contributed by atoms with Gasteiger partial charge in [0, 0.05) is 23.7 Å². The van der Waals surface area contributed by atoms with Gasteiger partial charge in [-0.25, -0.2) is 0 Å². The second-order valence-electron chi connectivity index (χ2n) is 10.4. The number of nitrogens with zero attached hydrogens (tertiary/aromatic N) is 2. The third kappa shape index (κ3) is 4.51. The average molecular weight is 492 g/mol. The Kier molecular flexibility index (Phi) is 6.82. The predicted octanol–water partition coefficient (Wildman–Crippen LogP) is 5.59. The van der Waals surface area contributed by atoms with Crippen LogP contribution in [0, 0.1) is 6.92 Å². The summed E-state index contributed by atoms with van der Waals surface area (Å²) >= 11 is 0. The van der Waals surface area contributed by atoms with E-state index in [1.807, 2.05) is 55.7 Å². The molecule has 7 heteroatoms. The van der Waals surface area contributed by atoms with Gasteiger partial charge in [-0.15, -0.1) is 0 Å². The summed E-state index contributed by atoms with van der Waals surface area (Å²) < 4.78 is 13.6. The number of amides is 2. The van der Waals surface area contributed by atoms with Gasteiger partial charge in [0.25, 0.3) is 5.91 Å². The average Bonchev–Trinajstić information content (AvgIpc) is 3.36. The normalized spacial score (nSPS) is 21.2. The van der Waals surface area contributed by atoms with Crippen molar-refractivity contribution in [3.63, 3.8) is 0 Å². The lowest BCUT2D eigenvalue weighted by molar-refractivity contribution is -0.134. The van der Waals surface area contributed by atoms with E-state index in [0.717, 1.165) is 48.3 Å². The third-order valence-electron chi connectivity index (χ3n) is 7.77. The Morgan fingerprint density at radius 2 is 1.86 bits per heavy atom. The molecular formula is C29H37N3O4. The molecule has 192 valence electrons. The number of aromatic nitrogens is 1. The largest absolute Gasteiger partial charge is 0.494 e. The quantitative estimate of drug-likeness (QED) is 0.488. The van der Waals surface area contributed by atoms with Gasteiger partial charge in [0.15, 0.2) is 5.58 Å². The number of furan rings is 1. The van der Waals surface area contributed by atoms with E-state index in [9.17, 15) is 9.59 Å². The molecule has 0 radical (unpaired) electrons. The smallest absolute Gasteiger partial charge is 0.271 e. The molecule has 2 aliphatic rings. The summed E-state index contributed by atoms with van der Waals surface area (Å²) in [5.74, 6) is 1.26. The van der Waals surface area contributed by atoms with Gasteiger partial charge in [-0.05, 0) is 39.7 Å². The lowest BCUT2D eigenvalue weighted by Crippen LogP contribution is -2.64. The van der Waals surface area contributed by atoms with Crippen LogP contribution in [0.1, 0.15) is 80.6 Å². The summed E-state index contributed by atoms with van der Waals surface area (Å²) in [4.78, 5) is 29.8. The summed E-state index contributed by atoms with van der Waals surface area (Å²) in [5, 5.41) is 3.35. The van der Waals surface area contributed by atoms with Gasteiger partial charge in [0.2, 0.25) is 5.91 Å². The number of rotatable bonds is 6. The number of fused-ring (bicyclic) bond motifs is 3. The number of hydrogen-bond donors (Lipinski definition) is 1. The Labute approximate surface area is 212 Å². The van der Waals surface area contributed by atoms with E-state index in [1.165, 1.54) is 19.3 Å². The van der Waals surface area contributed by atoms with Gasteiger partial charge in [-0.1, -0.05) is 50.3 Å². The van der Waals surface area contributed by atoms with Gasteiger partial charge >= 0.3 is 0 Å². The van der Waals surface area contributed by atoms with Crippen LogP contribution < -0.4 is 10.1 Å². The minimum Gasteiger partial charge on any atom is -0.494 e. The maximum Gasteiger partial charge on any atom is 0.271 e. The standard InChI is InChI=1S/C29H37N3O4/c1-4-35-25-15-11-10-12-21(25)18-32-27(33)24-17-26-23(16-20(2)36-26)31(24)19-29(32,3)28(34)30-22-13-8-6-5-7-9-14-22/h10-12,15-17,22H,4-9,13-14,18-19H2,1-3H3,(H,30,34)/t29-/m1/s1. The molecule has 2 amide bonds. The van der Waals surface area contributed by atoms with Crippen molar-refractivity contribution in [2.45, 2.75) is 90.4 Å². The molecule has 1 atom stereocenters. The van der Waals surface area contributed by atoms with Crippen LogP contribution in [0.4, 0.5) is 0 Å². The van der Waals surface area contributed by atoms with E-state index in [4.69, 9.17) is 9.15 Å². The Hall–Kier alpha value is -3.22. The summed E-state index contributed by atoms with van der Waals surface area (Å²) in [6, 6.07) is 11.6. The number of carbonyl (C=O) groups is 2. The second kappa shape index (κ2) is 10.0. The fourth-order valence-electron chi connectivity index (χ4n) is 5.75. The van der Waals surface area contributed by atoms with Crippen molar-refractivity contribution in [3.05, 3.63) is 53.4 Å². The number of carbonyl (C=O) groups excluding carboxylic acids is 2. The van der Waals surface area contributed by atoms with Gasteiger partial charge in [0.05, 0.1) is 25.2 Å². The van der Waals surface area contributed by atoms with Crippen LogP contribution in [0.5, 0.6) is 5.75 Å².